The van der Waals surface area contributed by atoms with E-state index in [0.29, 0.717) is 25.1 Å². The highest BCUT2D eigenvalue weighted by Gasteiger charge is 2.31. The van der Waals surface area contributed by atoms with Gasteiger partial charge in [0.25, 0.3) is 0 Å². The number of H-pyrrole nitrogens is 1. The van der Waals surface area contributed by atoms with Crippen LogP contribution in [0.3, 0.4) is 0 Å². The van der Waals surface area contributed by atoms with Gasteiger partial charge in [0, 0.05) is 24.7 Å². The third-order valence-electron chi connectivity index (χ3n) is 6.06. The summed E-state index contributed by atoms with van der Waals surface area (Å²) in [6.45, 7) is 3.93. The summed E-state index contributed by atoms with van der Waals surface area (Å²) in [5, 5.41) is 17.6. The second kappa shape index (κ2) is 15.5. The Balaban J connectivity index is 2.09. The van der Waals surface area contributed by atoms with E-state index >= 15 is 0 Å². The number of unbranched alkanes of at least 4 members (excludes halogenated alkanes) is 1. The number of carboxylic acid groups (broad SMARTS) is 1. The van der Waals surface area contributed by atoms with E-state index in [1.165, 1.54) is 6.33 Å². The molecule has 0 fully saturated rings. The number of nitrogens with zero attached hydrogens (tertiary/aromatic N) is 1. The first-order chi connectivity index (χ1) is 18.1. The molecule has 9 N–H and O–H groups in total. The van der Waals surface area contributed by atoms with Crippen LogP contribution in [0.25, 0.3) is 0 Å². The number of carbonyl (C=O) groups excluding carboxylic acids is 3. The Bertz CT molecular complexity index is 1030. The second-order valence-corrected chi connectivity index (χ2v) is 9.55. The molecule has 12 nitrogen and oxygen atoms in total. The van der Waals surface area contributed by atoms with Gasteiger partial charge in [0.05, 0.1) is 12.4 Å². The zero-order valence-corrected chi connectivity index (χ0v) is 21.9. The zero-order valence-electron chi connectivity index (χ0n) is 21.9. The van der Waals surface area contributed by atoms with Crippen molar-refractivity contribution in [2.24, 2.45) is 17.4 Å². The van der Waals surface area contributed by atoms with Crippen LogP contribution in [0.15, 0.2) is 42.9 Å². The highest BCUT2D eigenvalue weighted by Crippen LogP contribution is 2.09. The Morgan fingerprint density at radius 2 is 1.63 bits per heavy atom. The van der Waals surface area contributed by atoms with E-state index in [1.807, 2.05) is 6.07 Å². The summed E-state index contributed by atoms with van der Waals surface area (Å²) in [6, 6.07) is 4.87. The predicted octanol–water partition coefficient (Wildman–Crippen LogP) is -0.154. The third-order valence-corrected chi connectivity index (χ3v) is 6.06. The molecule has 0 aliphatic heterocycles. The number of aliphatic carboxylic acids is 1. The van der Waals surface area contributed by atoms with E-state index < -0.39 is 47.9 Å². The van der Waals surface area contributed by atoms with Crippen molar-refractivity contribution in [2.45, 2.75) is 70.1 Å². The fourth-order valence-electron chi connectivity index (χ4n) is 3.87. The number of imidazole rings is 1. The van der Waals surface area contributed by atoms with E-state index in [1.54, 1.807) is 44.3 Å². The molecule has 4 unspecified atom stereocenters. The fraction of sp³-hybridized carbons (Fsp3) is 0.500. The second-order valence-electron chi connectivity index (χ2n) is 9.55. The molecule has 208 valence electrons. The summed E-state index contributed by atoms with van der Waals surface area (Å²) in [6.07, 6.45) is 4.76. The molecular formula is C26H39N7O5. The minimum absolute atomic E-state index is 0.0876. The van der Waals surface area contributed by atoms with Crippen molar-refractivity contribution >= 4 is 23.7 Å². The topological polar surface area (TPSA) is 205 Å². The molecular weight excluding hydrogens is 490 g/mol. The van der Waals surface area contributed by atoms with Crippen molar-refractivity contribution in [2.75, 3.05) is 6.54 Å². The number of carbonyl (C=O) groups is 4. The van der Waals surface area contributed by atoms with Gasteiger partial charge >= 0.3 is 5.97 Å². The molecule has 0 saturated carbocycles. The Hall–Kier alpha value is -3.77. The fourth-order valence-corrected chi connectivity index (χ4v) is 3.87. The molecule has 0 spiro atoms. The molecule has 1 heterocycles. The lowest BCUT2D eigenvalue weighted by molar-refractivity contribution is -0.142. The number of hydrogen-bond donors (Lipinski definition) is 7. The highest BCUT2D eigenvalue weighted by molar-refractivity contribution is 5.94. The molecule has 0 saturated heterocycles. The number of nitrogens with one attached hydrogen (secondary N) is 4. The van der Waals surface area contributed by atoms with E-state index in [2.05, 4.69) is 25.9 Å². The highest BCUT2D eigenvalue weighted by atomic mass is 16.4. The largest absolute Gasteiger partial charge is 0.480 e. The number of carboxylic acids is 1. The molecule has 4 atom stereocenters. The first-order valence-electron chi connectivity index (χ1n) is 12.7. The van der Waals surface area contributed by atoms with E-state index in [9.17, 15) is 24.3 Å². The van der Waals surface area contributed by atoms with Crippen molar-refractivity contribution in [1.82, 2.24) is 25.9 Å². The van der Waals surface area contributed by atoms with Crippen molar-refractivity contribution in [3.63, 3.8) is 0 Å². The van der Waals surface area contributed by atoms with Gasteiger partial charge < -0.3 is 37.5 Å². The number of hydrogen-bond acceptors (Lipinski definition) is 7. The summed E-state index contributed by atoms with van der Waals surface area (Å²) >= 11 is 0. The van der Waals surface area contributed by atoms with Crippen LogP contribution in [-0.2, 0) is 32.0 Å². The van der Waals surface area contributed by atoms with Gasteiger partial charge in [-0.15, -0.1) is 0 Å². The van der Waals surface area contributed by atoms with Gasteiger partial charge in [-0.1, -0.05) is 44.2 Å². The lowest BCUT2D eigenvalue weighted by Crippen LogP contribution is -2.58. The monoisotopic (exact) mass is 529 g/mol. The van der Waals surface area contributed by atoms with Gasteiger partial charge in [0.1, 0.15) is 18.1 Å². The Kier molecular flexibility index (Phi) is 12.4. The normalized spacial score (nSPS) is 14.2. The zero-order chi connectivity index (χ0) is 28.1. The molecule has 0 radical (unpaired) electrons. The first kappa shape index (κ1) is 30.5. The summed E-state index contributed by atoms with van der Waals surface area (Å²) in [4.78, 5) is 57.7. The smallest absolute Gasteiger partial charge is 0.326 e. The van der Waals surface area contributed by atoms with Crippen LogP contribution in [0.1, 0.15) is 44.4 Å². The maximum Gasteiger partial charge on any atom is 0.326 e. The van der Waals surface area contributed by atoms with Crippen LogP contribution < -0.4 is 27.4 Å². The number of rotatable bonds is 16. The van der Waals surface area contributed by atoms with Crippen molar-refractivity contribution < 1.29 is 24.3 Å². The van der Waals surface area contributed by atoms with E-state index in [-0.39, 0.29) is 25.2 Å². The Labute approximate surface area is 222 Å². The van der Waals surface area contributed by atoms with Crippen LogP contribution in [0, 0.1) is 5.92 Å². The number of aromatic nitrogens is 2. The maximum absolute atomic E-state index is 13.2. The lowest BCUT2D eigenvalue weighted by atomic mass is 10.0. The average molecular weight is 530 g/mol. The van der Waals surface area contributed by atoms with Gasteiger partial charge in [-0.05, 0) is 37.3 Å². The van der Waals surface area contributed by atoms with Gasteiger partial charge in [0.15, 0.2) is 0 Å². The van der Waals surface area contributed by atoms with Gasteiger partial charge in [-0.3, -0.25) is 14.4 Å². The molecule has 3 amide bonds. The molecule has 0 aliphatic rings. The van der Waals surface area contributed by atoms with Crippen molar-refractivity contribution in [1.29, 1.82) is 0 Å². The summed E-state index contributed by atoms with van der Waals surface area (Å²) < 4.78 is 0. The van der Waals surface area contributed by atoms with Crippen LogP contribution in [0.5, 0.6) is 0 Å². The van der Waals surface area contributed by atoms with Crippen LogP contribution in [-0.4, -0.2) is 69.5 Å². The van der Waals surface area contributed by atoms with Crippen LogP contribution in [0.4, 0.5) is 0 Å². The quantitative estimate of drug-likeness (QED) is 0.145. The van der Waals surface area contributed by atoms with E-state index in [0.717, 1.165) is 5.56 Å². The molecule has 2 aromatic rings. The summed E-state index contributed by atoms with van der Waals surface area (Å²) in [7, 11) is 0. The van der Waals surface area contributed by atoms with Crippen LogP contribution in [0.2, 0.25) is 0 Å². The maximum atomic E-state index is 13.2. The van der Waals surface area contributed by atoms with Gasteiger partial charge in [-0.25, -0.2) is 9.78 Å². The summed E-state index contributed by atoms with van der Waals surface area (Å²) in [5.74, 6) is -3.21. The van der Waals surface area contributed by atoms with Gasteiger partial charge in [-0.2, -0.15) is 0 Å². The number of aromatic amines is 1. The molecule has 0 bridgehead atoms. The number of amides is 3. The molecule has 2 rings (SSSR count). The third kappa shape index (κ3) is 9.94. The molecule has 0 aliphatic carbocycles. The van der Waals surface area contributed by atoms with Crippen LogP contribution >= 0.6 is 0 Å². The lowest BCUT2D eigenvalue weighted by Gasteiger charge is -2.27. The summed E-state index contributed by atoms with van der Waals surface area (Å²) in [5.41, 5.74) is 13.0. The van der Waals surface area contributed by atoms with Crippen molar-refractivity contribution in [3.05, 3.63) is 54.1 Å². The number of benzene rings is 1. The number of nitrogens with two attached hydrogens (primary N) is 2. The van der Waals surface area contributed by atoms with Crippen molar-refractivity contribution in [3.8, 4) is 0 Å². The Morgan fingerprint density at radius 3 is 2.21 bits per heavy atom. The van der Waals surface area contributed by atoms with E-state index in [4.69, 9.17) is 11.5 Å². The average Bonchev–Trinajstić information content (AvgIpc) is 3.39. The molecule has 12 heteroatoms. The molecule has 1 aromatic heterocycles. The SMILES string of the molecule is CC(C)C(NC(=O)C(N)Cc1cnc[nH]1)C(=O)NC(CCCCN)C(=O)NC(Cc1ccccc1)C(=O)O. The first-order valence-corrected chi connectivity index (χ1v) is 12.7. The standard InChI is InChI=1S/C26H39N7O5/c1-16(2)22(33-23(34)19(28)13-18-14-29-15-30-18)25(36)31-20(10-6-7-11-27)24(35)32-21(26(37)38)12-17-8-4-3-5-9-17/h3-5,8-9,14-16,19-22H,6-7,10-13,27-28H2,1-2H3,(H,29,30)(H,31,36)(H,32,35)(H,33,34)(H,37,38). The minimum Gasteiger partial charge on any atom is -0.480 e. The minimum atomic E-state index is -1.19. The molecule has 1 aromatic carbocycles. The predicted molar refractivity (Wildman–Crippen MR) is 142 cm³/mol. The van der Waals surface area contributed by atoms with Gasteiger partial charge in [0.2, 0.25) is 17.7 Å². The Morgan fingerprint density at radius 1 is 0.947 bits per heavy atom. The molecule has 38 heavy (non-hydrogen) atoms.